The number of likely N-dealkylation sites (N-methyl/N-ethyl adjacent to an activating group) is 1. The van der Waals surface area contributed by atoms with Gasteiger partial charge in [-0.15, -0.1) is 0 Å². The minimum atomic E-state index is -0.180. The number of rotatable bonds is 2. The molecule has 6 nitrogen and oxygen atoms in total. The molecule has 1 amide bonds. The number of amides is 1. The van der Waals surface area contributed by atoms with Crippen LogP contribution in [0.1, 0.15) is 27.3 Å². The molecule has 134 valence electrons. The fraction of sp³-hybridized carbons (Fsp3) is 0.316. The lowest BCUT2D eigenvalue weighted by Crippen LogP contribution is -2.37. The molecule has 2 aromatic heterocycles. The second kappa shape index (κ2) is 5.99. The summed E-state index contributed by atoms with van der Waals surface area (Å²) in [6.07, 6.45) is 0. The second-order valence-corrected chi connectivity index (χ2v) is 7.19. The first-order valence-electron chi connectivity index (χ1n) is 8.49. The van der Waals surface area contributed by atoms with Crippen molar-refractivity contribution in [1.29, 1.82) is 0 Å². The number of hydrogen-bond acceptors (Lipinski definition) is 3. The Balaban J connectivity index is 1.94. The summed E-state index contributed by atoms with van der Waals surface area (Å²) >= 11 is 6.05. The minimum Gasteiger partial charge on any atom is -0.339 e. The third-order valence-electron chi connectivity index (χ3n) is 5.00. The molecular formula is C19H19ClN4O2. The van der Waals surface area contributed by atoms with Crippen LogP contribution in [0, 0.1) is 13.8 Å². The molecule has 1 aliphatic heterocycles. The number of carbonyl (C=O) groups is 1. The lowest BCUT2D eigenvalue weighted by Gasteiger charge is -2.25. The van der Waals surface area contributed by atoms with Crippen molar-refractivity contribution < 1.29 is 4.79 Å². The average Bonchev–Trinajstić information content (AvgIpc) is 2.90. The fourth-order valence-electron chi connectivity index (χ4n) is 3.73. The van der Waals surface area contributed by atoms with Gasteiger partial charge >= 0.3 is 0 Å². The molecule has 0 radical (unpaired) electrons. The maximum absolute atomic E-state index is 13.1. The number of halogens is 1. The summed E-state index contributed by atoms with van der Waals surface area (Å²) < 4.78 is 3.40. The lowest BCUT2D eigenvalue weighted by molar-refractivity contribution is 0.0750. The van der Waals surface area contributed by atoms with E-state index in [0.717, 1.165) is 22.3 Å². The van der Waals surface area contributed by atoms with E-state index in [9.17, 15) is 9.59 Å². The van der Waals surface area contributed by atoms with Gasteiger partial charge in [0.25, 0.3) is 11.5 Å². The van der Waals surface area contributed by atoms with Crippen molar-refractivity contribution in [3.63, 3.8) is 0 Å². The predicted molar refractivity (Wildman–Crippen MR) is 101 cm³/mol. The number of benzene rings is 1. The summed E-state index contributed by atoms with van der Waals surface area (Å²) in [7, 11) is 1.78. The Morgan fingerprint density at radius 3 is 2.69 bits per heavy atom. The second-order valence-electron chi connectivity index (χ2n) is 6.75. The van der Waals surface area contributed by atoms with Crippen LogP contribution in [0.25, 0.3) is 10.9 Å². The minimum absolute atomic E-state index is 0.0508. The Bertz CT molecular complexity index is 1110. The van der Waals surface area contributed by atoms with Crippen LogP contribution in [0.4, 0.5) is 0 Å². The van der Waals surface area contributed by atoms with Gasteiger partial charge in [-0.25, -0.2) is 4.68 Å². The molecule has 1 aliphatic rings. The van der Waals surface area contributed by atoms with Crippen molar-refractivity contribution in [2.24, 2.45) is 0 Å². The zero-order valence-electron chi connectivity index (χ0n) is 14.9. The molecule has 0 saturated heterocycles. The van der Waals surface area contributed by atoms with Crippen molar-refractivity contribution in [3.05, 3.63) is 62.2 Å². The first kappa shape index (κ1) is 16.8. The molecule has 7 heteroatoms. The topological polar surface area (TPSA) is 60.1 Å². The van der Waals surface area contributed by atoms with E-state index in [4.69, 9.17) is 11.6 Å². The zero-order chi connectivity index (χ0) is 18.6. The smallest absolute Gasteiger partial charge is 0.276 e. The Morgan fingerprint density at radius 2 is 1.96 bits per heavy atom. The van der Waals surface area contributed by atoms with Crippen LogP contribution in [0.5, 0.6) is 0 Å². The molecule has 3 heterocycles. The third-order valence-corrected chi connectivity index (χ3v) is 5.23. The summed E-state index contributed by atoms with van der Waals surface area (Å²) in [6.45, 7) is 5.35. The van der Waals surface area contributed by atoms with Gasteiger partial charge in [-0.2, -0.15) is 5.10 Å². The van der Waals surface area contributed by atoms with Crippen LogP contribution in [-0.2, 0) is 13.1 Å². The maximum Gasteiger partial charge on any atom is 0.276 e. The van der Waals surface area contributed by atoms with E-state index in [1.807, 2.05) is 36.6 Å². The van der Waals surface area contributed by atoms with Gasteiger partial charge in [-0.05, 0) is 37.1 Å². The molecule has 0 saturated carbocycles. The molecule has 0 unspecified atom stereocenters. The monoisotopic (exact) mass is 370 g/mol. The molecule has 0 aliphatic carbocycles. The number of carbonyl (C=O) groups excluding carboxylic acids is 1. The summed E-state index contributed by atoms with van der Waals surface area (Å²) in [5.74, 6) is -0.0508. The van der Waals surface area contributed by atoms with Crippen LogP contribution in [-0.4, -0.2) is 38.7 Å². The summed E-state index contributed by atoms with van der Waals surface area (Å²) in [5, 5.41) is 5.71. The average molecular weight is 371 g/mol. The van der Waals surface area contributed by atoms with E-state index >= 15 is 0 Å². The number of nitrogens with zero attached hydrogens (tertiary/aromatic N) is 4. The lowest BCUT2D eigenvalue weighted by atomic mass is 10.1. The first-order chi connectivity index (χ1) is 12.4. The Morgan fingerprint density at radius 1 is 1.19 bits per heavy atom. The van der Waals surface area contributed by atoms with Crippen molar-refractivity contribution in [1.82, 2.24) is 19.2 Å². The van der Waals surface area contributed by atoms with Crippen molar-refractivity contribution >= 4 is 28.4 Å². The predicted octanol–water partition coefficient (Wildman–Crippen LogP) is 2.60. The Labute approximate surface area is 155 Å². The number of aryl methyl sites for hydroxylation is 2. The van der Waals surface area contributed by atoms with Crippen molar-refractivity contribution in [2.75, 3.05) is 13.6 Å². The van der Waals surface area contributed by atoms with Crippen LogP contribution in [0.3, 0.4) is 0 Å². The van der Waals surface area contributed by atoms with Gasteiger partial charge in [0.15, 0.2) is 0 Å². The van der Waals surface area contributed by atoms with Gasteiger partial charge in [-0.3, -0.25) is 9.59 Å². The summed E-state index contributed by atoms with van der Waals surface area (Å²) in [4.78, 5) is 27.4. The zero-order valence-corrected chi connectivity index (χ0v) is 15.7. The van der Waals surface area contributed by atoms with Crippen LogP contribution in [0.15, 0.2) is 29.1 Å². The van der Waals surface area contributed by atoms with Crippen molar-refractivity contribution in [2.45, 2.75) is 26.9 Å². The fourth-order valence-corrected chi connectivity index (χ4v) is 3.95. The van der Waals surface area contributed by atoms with Crippen molar-refractivity contribution in [3.8, 4) is 0 Å². The standard InChI is InChI=1S/C19H19ClN4O2/c1-11-15-17(23-8-7-22(3)19(26)16(11)23)12(2)21-24(18(15)25)10-13-5-4-6-14(20)9-13/h4-6,9H,7-8,10H2,1-3H3. The molecular weight excluding hydrogens is 352 g/mol. The first-order valence-corrected chi connectivity index (χ1v) is 8.86. The molecule has 3 aromatic rings. The number of aromatic nitrogens is 3. The van der Waals surface area contributed by atoms with Gasteiger partial charge in [-0.1, -0.05) is 23.7 Å². The molecule has 0 fully saturated rings. The van der Waals surface area contributed by atoms with Crippen LogP contribution >= 0.6 is 11.6 Å². The summed E-state index contributed by atoms with van der Waals surface area (Å²) in [6, 6.07) is 7.38. The third kappa shape index (κ3) is 2.44. The molecule has 0 N–H and O–H groups in total. The van der Waals surface area contributed by atoms with Gasteiger partial charge in [0.05, 0.1) is 23.1 Å². The van der Waals surface area contributed by atoms with Gasteiger partial charge < -0.3 is 9.47 Å². The van der Waals surface area contributed by atoms with E-state index in [-0.39, 0.29) is 11.5 Å². The molecule has 0 atom stereocenters. The van der Waals surface area contributed by atoms with E-state index in [2.05, 4.69) is 5.10 Å². The highest BCUT2D eigenvalue weighted by Gasteiger charge is 2.29. The Kier molecular flexibility index (Phi) is 3.88. The van der Waals surface area contributed by atoms with Gasteiger partial charge in [0.2, 0.25) is 0 Å². The van der Waals surface area contributed by atoms with E-state index in [0.29, 0.717) is 35.7 Å². The summed E-state index contributed by atoms with van der Waals surface area (Å²) in [5.41, 5.74) is 3.56. The number of hydrogen-bond donors (Lipinski definition) is 0. The van der Waals surface area contributed by atoms with E-state index < -0.39 is 0 Å². The molecule has 26 heavy (non-hydrogen) atoms. The normalized spacial score (nSPS) is 14.2. The number of fused-ring (bicyclic) bond motifs is 3. The van der Waals surface area contributed by atoms with Gasteiger partial charge in [0, 0.05) is 25.2 Å². The molecule has 1 aromatic carbocycles. The quantitative estimate of drug-likeness (QED) is 0.696. The highest BCUT2D eigenvalue weighted by molar-refractivity contribution is 6.30. The Hall–Kier alpha value is -2.60. The highest BCUT2D eigenvalue weighted by atomic mass is 35.5. The van der Waals surface area contributed by atoms with E-state index in [1.54, 1.807) is 18.0 Å². The van der Waals surface area contributed by atoms with E-state index in [1.165, 1.54) is 4.68 Å². The highest BCUT2D eigenvalue weighted by Crippen LogP contribution is 2.28. The molecule has 4 rings (SSSR count). The van der Waals surface area contributed by atoms with Gasteiger partial charge in [0.1, 0.15) is 5.69 Å². The molecule has 0 spiro atoms. The SMILES string of the molecule is Cc1c2n(c3c(C)nn(Cc4cccc(Cl)c4)c(=O)c13)CCN(C)C2=O. The van der Waals surface area contributed by atoms with Crippen LogP contribution < -0.4 is 5.56 Å². The maximum atomic E-state index is 13.1. The van der Waals surface area contributed by atoms with Crippen LogP contribution in [0.2, 0.25) is 5.02 Å². The molecule has 0 bridgehead atoms. The largest absolute Gasteiger partial charge is 0.339 e.